The van der Waals surface area contributed by atoms with Crippen LogP contribution >= 0.6 is 11.6 Å². The maximum absolute atomic E-state index is 10.4. The zero-order valence-electron chi connectivity index (χ0n) is 5.86. The van der Waals surface area contributed by atoms with Gasteiger partial charge in [-0.3, -0.25) is 4.79 Å². The lowest BCUT2D eigenvalue weighted by atomic mass is 10.2. The van der Waals surface area contributed by atoms with Gasteiger partial charge in [0.2, 0.25) is 5.24 Å². The van der Waals surface area contributed by atoms with Crippen molar-refractivity contribution in [3.8, 4) is 12.3 Å². The summed E-state index contributed by atoms with van der Waals surface area (Å²) < 4.78 is 0. The highest BCUT2D eigenvalue weighted by Gasteiger charge is 1.95. The summed E-state index contributed by atoms with van der Waals surface area (Å²) in [6.45, 7) is 1.67. The summed E-state index contributed by atoms with van der Waals surface area (Å²) in [7, 11) is 0. The molecule has 0 bridgehead atoms. The fourth-order valence-electron chi connectivity index (χ4n) is 0.452. The van der Waals surface area contributed by atoms with Gasteiger partial charge in [0.05, 0.1) is 0 Å². The molecule has 0 aliphatic rings. The van der Waals surface area contributed by atoms with Crippen molar-refractivity contribution in [2.24, 2.45) is 0 Å². The molecule has 0 radical (unpaired) electrons. The molecule has 0 unspecified atom stereocenters. The van der Waals surface area contributed by atoms with Gasteiger partial charge < -0.3 is 0 Å². The number of carbonyl (C=O) groups excluding carboxylic acids is 1. The van der Waals surface area contributed by atoms with E-state index >= 15 is 0 Å². The van der Waals surface area contributed by atoms with E-state index in [1.807, 2.05) is 0 Å². The summed E-state index contributed by atoms with van der Waals surface area (Å²) in [6.07, 6.45) is 8.12. The molecule has 0 amide bonds. The lowest BCUT2D eigenvalue weighted by Gasteiger charge is -1.88. The molecule has 54 valence electrons. The summed E-state index contributed by atoms with van der Waals surface area (Å²) in [4.78, 5) is 10.4. The summed E-state index contributed by atoms with van der Waals surface area (Å²) in [5, 5.41) is -0.406. The van der Waals surface area contributed by atoms with Gasteiger partial charge in [-0.15, -0.1) is 12.3 Å². The predicted molar refractivity (Wildman–Crippen MR) is 42.7 cm³/mol. The first-order chi connectivity index (χ1) is 4.68. The van der Waals surface area contributed by atoms with Crippen molar-refractivity contribution in [2.45, 2.75) is 19.8 Å². The van der Waals surface area contributed by atoms with Crippen LogP contribution in [0.1, 0.15) is 19.8 Å². The average Bonchev–Trinajstić information content (AvgIpc) is 1.88. The van der Waals surface area contributed by atoms with Crippen molar-refractivity contribution in [1.82, 2.24) is 0 Å². The standard InChI is InChI=1S/C8H9ClO/c1-3-4-5-6-7(2)8(9)10/h1,6H,4-5H2,2H3/b7-6+. The van der Waals surface area contributed by atoms with Gasteiger partial charge in [-0.05, 0) is 24.9 Å². The van der Waals surface area contributed by atoms with Crippen LogP contribution in [0.2, 0.25) is 0 Å². The Morgan fingerprint density at radius 3 is 2.80 bits per heavy atom. The van der Waals surface area contributed by atoms with E-state index in [0.717, 1.165) is 6.42 Å². The van der Waals surface area contributed by atoms with Crippen LogP contribution < -0.4 is 0 Å². The van der Waals surface area contributed by atoms with Crippen molar-refractivity contribution < 1.29 is 4.79 Å². The first kappa shape index (κ1) is 9.26. The van der Waals surface area contributed by atoms with Crippen LogP contribution in [0.4, 0.5) is 0 Å². The Morgan fingerprint density at radius 1 is 1.80 bits per heavy atom. The number of carbonyl (C=O) groups is 1. The molecule has 0 aliphatic heterocycles. The Morgan fingerprint density at radius 2 is 2.40 bits per heavy atom. The maximum Gasteiger partial charge on any atom is 0.247 e. The van der Waals surface area contributed by atoms with Crippen molar-refractivity contribution in [2.75, 3.05) is 0 Å². The quantitative estimate of drug-likeness (QED) is 0.265. The van der Waals surface area contributed by atoms with Gasteiger partial charge in [0.15, 0.2) is 0 Å². The van der Waals surface area contributed by atoms with Crippen molar-refractivity contribution in [3.05, 3.63) is 11.6 Å². The van der Waals surface area contributed by atoms with E-state index in [4.69, 9.17) is 18.0 Å². The first-order valence-corrected chi connectivity index (χ1v) is 3.36. The largest absolute Gasteiger partial charge is 0.276 e. The lowest BCUT2D eigenvalue weighted by molar-refractivity contribution is -0.108. The van der Waals surface area contributed by atoms with E-state index in [1.54, 1.807) is 13.0 Å². The van der Waals surface area contributed by atoms with Crippen LogP contribution in [0.3, 0.4) is 0 Å². The molecule has 0 spiro atoms. The van der Waals surface area contributed by atoms with Crippen molar-refractivity contribution >= 4 is 16.8 Å². The molecule has 0 fully saturated rings. The van der Waals surface area contributed by atoms with Crippen LogP contribution in [-0.4, -0.2) is 5.24 Å². The third kappa shape index (κ3) is 4.17. The fourth-order valence-corrected chi connectivity index (χ4v) is 0.529. The molecule has 0 atom stereocenters. The van der Waals surface area contributed by atoms with Gasteiger partial charge in [0.25, 0.3) is 0 Å². The maximum atomic E-state index is 10.4. The second-order valence-electron chi connectivity index (χ2n) is 1.90. The Balaban J connectivity index is 3.72. The Labute approximate surface area is 66.1 Å². The third-order valence-corrected chi connectivity index (χ3v) is 1.35. The minimum atomic E-state index is -0.406. The third-order valence-electron chi connectivity index (χ3n) is 1.05. The van der Waals surface area contributed by atoms with Crippen LogP contribution in [0.25, 0.3) is 0 Å². The van der Waals surface area contributed by atoms with Gasteiger partial charge >= 0.3 is 0 Å². The number of terminal acetylenes is 1. The fraction of sp³-hybridized carbons (Fsp3) is 0.375. The zero-order valence-corrected chi connectivity index (χ0v) is 6.61. The monoisotopic (exact) mass is 156 g/mol. The topological polar surface area (TPSA) is 17.1 Å². The predicted octanol–water partition coefficient (Wildman–Crippen LogP) is 2.11. The number of allylic oxidation sites excluding steroid dienone is 2. The molecule has 0 aromatic rings. The first-order valence-electron chi connectivity index (χ1n) is 2.98. The molecule has 0 rings (SSSR count). The van der Waals surface area contributed by atoms with E-state index in [1.165, 1.54) is 0 Å². The Hall–Kier alpha value is -0.740. The summed E-state index contributed by atoms with van der Waals surface area (Å²) in [6, 6.07) is 0. The number of hydrogen-bond donors (Lipinski definition) is 0. The van der Waals surface area contributed by atoms with E-state index < -0.39 is 5.24 Å². The van der Waals surface area contributed by atoms with Crippen LogP contribution in [0.15, 0.2) is 11.6 Å². The molecule has 2 heteroatoms. The van der Waals surface area contributed by atoms with E-state index in [2.05, 4.69) is 5.92 Å². The molecule has 1 nitrogen and oxygen atoms in total. The minimum Gasteiger partial charge on any atom is -0.276 e. The highest BCUT2D eigenvalue weighted by atomic mass is 35.5. The van der Waals surface area contributed by atoms with Gasteiger partial charge in [0.1, 0.15) is 0 Å². The summed E-state index contributed by atoms with van der Waals surface area (Å²) >= 11 is 5.15. The van der Waals surface area contributed by atoms with Gasteiger partial charge in [-0.1, -0.05) is 6.08 Å². The van der Waals surface area contributed by atoms with Crippen LogP contribution in [-0.2, 0) is 4.79 Å². The molecule has 0 saturated carbocycles. The van der Waals surface area contributed by atoms with E-state index in [9.17, 15) is 4.79 Å². The smallest absolute Gasteiger partial charge is 0.247 e. The number of hydrogen-bond acceptors (Lipinski definition) is 1. The molecule has 0 aromatic heterocycles. The molecular formula is C8H9ClO. The minimum absolute atomic E-state index is 0.406. The molecule has 0 aromatic carbocycles. The summed E-state index contributed by atoms with van der Waals surface area (Å²) in [5.41, 5.74) is 0.567. The highest BCUT2D eigenvalue weighted by Crippen LogP contribution is 2.01. The van der Waals surface area contributed by atoms with Crippen molar-refractivity contribution in [1.29, 1.82) is 0 Å². The van der Waals surface area contributed by atoms with Gasteiger partial charge in [-0.2, -0.15) is 0 Å². The molecule has 0 heterocycles. The molecular weight excluding hydrogens is 148 g/mol. The lowest BCUT2D eigenvalue weighted by Crippen LogP contribution is -1.86. The zero-order chi connectivity index (χ0) is 7.98. The molecule has 0 aliphatic carbocycles. The second-order valence-corrected chi connectivity index (χ2v) is 2.25. The molecule has 10 heavy (non-hydrogen) atoms. The molecule has 0 saturated heterocycles. The van der Waals surface area contributed by atoms with Gasteiger partial charge in [0, 0.05) is 12.0 Å². The van der Waals surface area contributed by atoms with Crippen LogP contribution in [0.5, 0.6) is 0 Å². The van der Waals surface area contributed by atoms with Crippen molar-refractivity contribution in [3.63, 3.8) is 0 Å². The molecule has 0 N–H and O–H groups in total. The number of rotatable bonds is 3. The van der Waals surface area contributed by atoms with Gasteiger partial charge in [-0.25, -0.2) is 0 Å². The Kier molecular flexibility index (Phi) is 4.70. The number of unbranched alkanes of at least 4 members (excludes halogenated alkanes) is 1. The SMILES string of the molecule is C#CCC/C=C(\C)C(=O)Cl. The highest BCUT2D eigenvalue weighted by molar-refractivity contribution is 6.67. The second kappa shape index (κ2) is 5.08. The Bertz CT molecular complexity index is 186. The average molecular weight is 157 g/mol. The summed E-state index contributed by atoms with van der Waals surface area (Å²) in [5.74, 6) is 2.46. The van der Waals surface area contributed by atoms with E-state index in [0.29, 0.717) is 12.0 Å². The normalized spacial score (nSPS) is 10.7. The van der Waals surface area contributed by atoms with E-state index in [-0.39, 0.29) is 0 Å². The van der Waals surface area contributed by atoms with Crippen LogP contribution in [0, 0.1) is 12.3 Å². The number of halogens is 1.